The van der Waals surface area contributed by atoms with Gasteiger partial charge in [0.15, 0.2) is 0 Å². The monoisotopic (exact) mass is 293 g/mol. The van der Waals surface area contributed by atoms with Gasteiger partial charge in [-0.2, -0.15) is 8.42 Å². The van der Waals surface area contributed by atoms with Crippen molar-refractivity contribution in [3.05, 3.63) is 36.4 Å². The van der Waals surface area contributed by atoms with Gasteiger partial charge in [-0.05, 0) is 23.6 Å². The van der Waals surface area contributed by atoms with Crippen molar-refractivity contribution in [3.8, 4) is 0 Å². The summed E-state index contributed by atoms with van der Waals surface area (Å²) in [7, 11) is -4.30. The summed E-state index contributed by atoms with van der Waals surface area (Å²) < 4.78 is 31.9. The van der Waals surface area contributed by atoms with E-state index in [4.69, 9.17) is 0 Å². The number of anilines is 1. The molecule has 0 bridgehead atoms. The minimum Gasteiger partial charge on any atom is -0.326 e. The van der Waals surface area contributed by atoms with Crippen LogP contribution < -0.4 is 5.32 Å². The van der Waals surface area contributed by atoms with Gasteiger partial charge in [0.05, 0.1) is 0 Å². The van der Waals surface area contributed by atoms with Crippen LogP contribution in [0.4, 0.5) is 5.69 Å². The van der Waals surface area contributed by atoms with Crippen LogP contribution in [-0.4, -0.2) is 18.9 Å². The van der Waals surface area contributed by atoms with Crippen molar-refractivity contribution < 1.29 is 17.8 Å². The Bertz CT molecular complexity index is 766. The summed E-state index contributed by atoms with van der Waals surface area (Å²) >= 11 is 0. The van der Waals surface area contributed by atoms with Crippen LogP contribution in [0.3, 0.4) is 0 Å². The molecule has 0 aromatic heterocycles. The summed E-state index contributed by atoms with van der Waals surface area (Å²) in [6.07, 6.45) is 0. The van der Waals surface area contributed by atoms with Crippen molar-refractivity contribution in [3.63, 3.8) is 0 Å². The number of fused-ring (bicyclic) bond motifs is 1. The van der Waals surface area contributed by atoms with Gasteiger partial charge in [-0.1, -0.05) is 32.0 Å². The fourth-order valence-electron chi connectivity index (χ4n) is 1.83. The van der Waals surface area contributed by atoms with Gasteiger partial charge in [0, 0.05) is 17.0 Å². The van der Waals surface area contributed by atoms with Crippen LogP contribution in [0.15, 0.2) is 41.3 Å². The third-order valence-electron chi connectivity index (χ3n) is 2.91. The first-order chi connectivity index (χ1) is 9.29. The Labute approximate surface area is 117 Å². The highest BCUT2D eigenvalue weighted by Crippen LogP contribution is 2.26. The van der Waals surface area contributed by atoms with E-state index in [1.165, 1.54) is 6.07 Å². The minimum absolute atomic E-state index is 0.159. The normalized spacial score (nSPS) is 11.8. The maximum atomic E-state index is 11.7. The highest BCUT2D eigenvalue weighted by atomic mass is 32.2. The van der Waals surface area contributed by atoms with Gasteiger partial charge >= 0.3 is 0 Å². The lowest BCUT2D eigenvalue weighted by Gasteiger charge is -2.10. The third kappa shape index (κ3) is 2.97. The van der Waals surface area contributed by atoms with Gasteiger partial charge in [-0.25, -0.2) is 0 Å². The third-order valence-corrected chi connectivity index (χ3v) is 3.82. The van der Waals surface area contributed by atoms with Gasteiger partial charge in [0.2, 0.25) is 5.91 Å². The fourth-order valence-corrected chi connectivity index (χ4v) is 2.54. The number of hydrogen-bond donors (Lipinski definition) is 2. The molecule has 2 rings (SSSR count). The Morgan fingerprint density at radius 1 is 1.20 bits per heavy atom. The molecule has 0 radical (unpaired) electrons. The van der Waals surface area contributed by atoms with E-state index in [2.05, 4.69) is 5.32 Å². The van der Waals surface area contributed by atoms with Crippen LogP contribution in [0.25, 0.3) is 10.8 Å². The van der Waals surface area contributed by atoms with Crippen molar-refractivity contribution >= 4 is 32.5 Å². The van der Waals surface area contributed by atoms with Crippen molar-refractivity contribution in [2.75, 3.05) is 5.32 Å². The first-order valence-electron chi connectivity index (χ1n) is 6.10. The van der Waals surface area contributed by atoms with Crippen molar-refractivity contribution in [2.45, 2.75) is 18.7 Å². The molecule has 0 aliphatic carbocycles. The molecule has 106 valence electrons. The van der Waals surface area contributed by atoms with E-state index < -0.39 is 10.1 Å². The molecule has 20 heavy (non-hydrogen) atoms. The Morgan fingerprint density at radius 3 is 2.50 bits per heavy atom. The first-order valence-corrected chi connectivity index (χ1v) is 7.54. The molecule has 0 heterocycles. The van der Waals surface area contributed by atoms with Crippen LogP contribution in [-0.2, 0) is 14.9 Å². The molecule has 0 atom stereocenters. The zero-order valence-corrected chi connectivity index (χ0v) is 11.9. The van der Waals surface area contributed by atoms with Gasteiger partial charge in [0.1, 0.15) is 4.90 Å². The molecule has 2 N–H and O–H groups in total. The summed E-state index contributed by atoms with van der Waals surface area (Å²) in [5.74, 6) is -0.337. The fraction of sp³-hybridized carbons (Fsp3) is 0.214. The van der Waals surface area contributed by atoms with Crippen LogP contribution >= 0.6 is 0 Å². The molecule has 1 amide bonds. The Kier molecular flexibility index (Phi) is 3.78. The highest BCUT2D eigenvalue weighted by Gasteiger charge is 2.14. The topological polar surface area (TPSA) is 83.5 Å². The van der Waals surface area contributed by atoms with Crippen molar-refractivity contribution in [1.29, 1.82) is 0 Å². The maximum absolute atomic E-state index is 11.7. The predicted octanol–water partition coefficient (Wildman–Crippen LogP) is 2.68. The summed E-state index contributed by atoms with van der Waals surface area (Å²) in [6.45, 7) is 3.53. The second-order valence-corrected chi connectivity index (χ2v) is 6.20. The first kappa shape index (κ1) is 14.5. The Hall–Kier alpha value is -1.92. The lowest BCUT2D eigenvalue weighted by molar-refractivity contribution is -0.118. The standard InChI is InChI=1S/C14H15NO4S/c1-9(2)14(16)15-11-7-6-10-4-3-5-13(12(10)8-11)20(17,18)19/h3-9H,1-2H3,(H,15,16)(H,17,18,19). The van der Waals surface area contributed by atoms with Crippen LogP contribution in [0.5, 0.6) is 0 Å². The van der Waals surface area contributed by atoms with E-state index in [1.54, 1.807) is 44.2 Å². The zero-order valence-electron chi connectivity index (χ0n) is 11.1. The number of benzene rings is 2. The molecular formula is C14H15NO4S. The van der Waals surface area contributed by atoms with E-state index in [0.717, 1.165) is 0 Å². The quantitative estimate of drug-likeness (QED) is 0.852. The molecule has 2 aromatic carbocycles. The van der Waals surface area contributed by atoms with Gasteiger partial charge in [-0.3, -0.25) is 9.35 Å². The van der Waals surface area contributed by atoms with E-state index >= 15 is 0 Å². The van der Waals surface area contributed by atoms with Crippen LogP contribution in [0, 0.1) is 5.92 Å². The minimum atomic E-state index is -4.30. The molecular weight excluding hydrogens is 278 g/mol. The number of amides is 1. The van der Waals surface area contributed by atoms with Crippen LogP contribution in [0.1, 0.15) is 13.8 Å². The van der Waals surface area contributed by atoms with Gasteiger partial charge < -0.3 is 5.32 Å². The molecule has 0 fully saturated rings. The smallest absolute Gasteiger partial charge is 0.295 e. The molecule has 0 aliphatic rings. The zero-order chi connectivity index (χ0) is 14.9. The Morgan fingerprint density at radius 2 is 1.90 bits per heavy atom. The van der Waals surface area contributed by atoms with Gasteiger partial charge in [-0.15, -0.1) is 0 Å². The van der Waals surface area contributed by atoms with Crippen molar-refractivity contribution in [1.82, 2.24) is 0 Å². The van der Waals surface area contributed by atoms with Crippen molar-refractivity contribution in [2.24, 2.45) is 5.92 Å². The van der Waals surface area contributed by atoms with E-state index in [0.29, 0.717) is 16.5 Å². The number of rotatable bonds is 3. The second kappa shape index (κ2) is 5.22. The predicted molar refractivity (Wildman–Crippen MR) is 77.2 cm³/mol. The summed E-state index contributed by atoms with van der Waals surface area (Å²) in [4.78, 5) is 11.5. The number of carbonyl (C=O) groups excluding carboxylic acids is 1. The number of nitrogens with one attached hydrogen (secondary N) is 1. The molecule has 5 nitrogen and oxygen atoms in total. The summed E-state index contributed by atoms with van der Waals surface area (Å²) in [6, 6.07) is 9.54. The molecule has 2 aromatic rings. The lowest BCUT2D eigenvalue weighted by Crippen LogP contribution is -2.17. The Balaban J connectivity index is 2.55. The number of hydrogen-bond acceptors (Lipinski definition) is 3. The molecule has 0 saturated carbocycles. The average molecular weight is 293 g/mol. The molecule has 0 saturated heterocycles. The number of carbonyl (C=O) groups is 1. The highest BCUT2D eigenvalue weighted by molar-refractivity contribution is 7.86. The van der Waals surface area contributed by atoms with E-state index in [9.17, 15) is 17.8 Å². The maximum Gasteiger partial charge on any atom is 0.295 e. The molecule has 0 spiro atoms. The SMILES string of the molecule is CC(C)C(=O)Nc1ccc2cccc(S(=O)(=O)O)c2c1. The van der Waals surface area contributed by atoms with Crippen LogP contribution in [0.2, 0.25) is 0 Å². The molecule has 0 unspecified atom stereocenters. The van der Waals surface area contributed by atoms with E-state index in [-0.39, 0.29) is 16.7 Å². The second-order valence-electron chi connectivity index (χ2n) is 4.81. The summed E-state index contributed by atoms with van der Waals surface area (Å²) in [5, 5.41) is 3.74. The van der Waals surface area contributed by atoms with E-state index in [1.807, 2.05) is 0 Å². The summed E-state index contributed by atoms with van der Waals surface area (Å²) in [5.41, 5.74) is 0.493. The van der Waals surface area contributed by atoms with Gasteiger partial charge in [0.25, 0.3) is 10.1 Å². The molecule has 6 heteroatoms. The average Bonchev–Trinajstić information content (AvgIpc) is 2.36. The lowest BCUT2D eigenvalue weighted by atomic mass is 10.1. The molecule has 0 aliphatic heterocycles. The largest absolute Gasteiger partial charge is 0.326 e.